The SMILES string of the molecule is c1ccc2cc3c(cc2c1)c1ccccc1n3-c1cc(C2=NC(c3ccc4sc5ccccc5c4c3)=NC(c3ccc4oc5ccccc5c4c3)N2)cc2oc3ccccc3c12. The Hall–Kier alpha value is -8.00. The fourth-order valence-corrected chi connectivity index (χ4v) is 10.8. The van der Waals surface area contributed by atoms with Gasteiger partial charge in [-0.05, 0) is 95.2 Å². The van der Waals surface area contributed by atoms with Crippen LogP contribution in [0.5, 0.6) is 0 Å². The summed E-state index contributed by atoms with van der Waals surface area (Å²) in [4.78, 5) is 10.8. The van der Waals surface area contributed by atoms with Gasteiger partial charge in [-0.1, -0.05) is 103 Å². The number of aliphatic imine (C=N–C) groups is 2. The molecule has 9 aromatic carbocycles. The van der Waals surface area contributed by atoms with E-state index in [0.29, 0.717) is 11.7 Å². The zero-order valence-corrected chi connectivity index (χ0v) is 33.8. The van der Waals surface area contributed by atoms with Crippen LogP contribution in [0.1, 0.15) is 22.9 Å². The van der Waals surface area contributed by atoms with Crippen LogP contribution in [-0.2, 0) is 0 Å². The summed E-state index contributed by atoms with van der Waals surface area (Å²) in [5, 5.41) is 15.3. The van der Waals surface area contributed by atoms with Gasteiger partial charge in [-0.15, -0.1) is 11.3 Å². The molecule has 0 amide bonds. The van der Waals surface area contributed by atoms with Crippen LogP contribution in [-0.4, -0.2) is 16.2 Å². The van der Waals surface area contributed by atoms with Gasteiger partial charge in [-0.3, -0.25) is 0 Å². The molecule has 1 aliphatic rings. The largest absolute Gasteiger partial charge is 0.456 e. The smallest absolute Gasteiger partial charge is 0.159 e. The number of thiophene rings is 1. The minimum absolute atomic E-state index is 0.445. The van der Waals surface area contributed by atoms with Crippen molar-refractivity contribution in [2.45, 2.75) is 6.17 Å². The van der Waals surface area contributed by atoms with Crippen LogP contribution in [0.2, 0.25) is 0 Å². The summed E-state index contributed by atoms with van der Waals surface area (Å²) in [6.07, 6.45) is -0.445. The van der Waals surface area contributed by atoms with Gasteiger partial charge in [0, 0.05) is 58.2 Å². The highest BCUT2D eigenvalue weighted by atomic mass is 32.1. The van der Waals surface area contributed by atoms with Gasteiger partial charge in [0.15, 0.2) is 5.84 Å². The molecule has 0 saturated carbocycles. The van der Waals surface area contributed by atoms with Crippen molar-refractivity contribution in [2.75, 3.05) is 0 Å². The summed E-state index contributed by atoms with van der Waals surface area (Å²) in [5.74, 6) is 1.37. The second kappa shape index (κ2) is 12.8. The lowest BCUT2D eigenvalue weighted by atomic mass is 10.0. The molecule has 7 heteroatoms. The Balaban J connectivity index is 1.02. The van der Waals surface area contributed by atoms with Crippen molar-refractivity contribution >= 4 is 120 Å². The summed E-state index contributed by atoms with van der Waals surface area (Å²) >= 11 is 1.81. The maximum atomic E-state index is 6.76. The highest BCUT2D eigenvalue weighted by Crippen LogP contribution is 2.42. The number of aromatic nitrogens is 1. The number of para-hydroxylation sites is 3. The number of benzene rings is 9. The van der Waals surface area contributed by atoms with E-state index in [2.05, 4.69) is 174 Å². The summed E-state index contributed by atoms with van der Waals surface area (Å²) in [6, 6.07) is 64.5. The Morgan fingerprint density at radius 1 is 0.468 bits per heavy atom. The highest BCUT2D eigenvalue weighted by molar-refractivity contribution is 7.25. The Kier molecular flexibility index (Phi) is 6.95. The predicted molar refractivity (Wildman–Crippen MR) is 258 cm³/mol. The number of amidine groups is 2. The molecule has 0 aliphatic carbocycles. The second-order valence-corrected chi connectivity index (χ2v) is 17.2. The molecule has 62 heavy (non-hydrogen) atoms. The number of hydrogen-bond donors (Lipinski definition) is 1. The van der Waals surface area contributed by atoms with E-state index in [9.17, 15) is 0 Å². The maximum Gasteiger partial charge on any atom is 0.159 e. The third-order valence-corrected chi connectivity index (χ3v) is 13.8. The molecule has 0 spiro atoms. The maximum absolute atomic E-state index is 6.76. The molecular formula is C55H32N4O2S. The molecule has 5 heterocycles. The van der Waals surface area contributed by atoms with Crippen molar-refractivity contribution in [3.8, 4) is 5.69 Å². The lowest BCUT2D eigenvalue weighted by molar-refractivity contribution is 0.662. The molecule has 6 nitrogen and oxygen atoms in total. The van der Waals surface area contributed by atoms with Crippen LogP contribution in [0.15, 0.2) is 201 Å². The summed E-state index contributed by atoms with van der Waals surface area (Å²) in [7, 11) is 0. The van der Waals surface area contributed by atoms with Crippen molar-refractivity contribution in [3.63, 3.8) is 0 Å². The molecule has 0 fully saturated rings. The quantitative estimate of drug-likeness (QED) is 0.192. The predicted octanol–water partition coefficient (Wildman–Crippen LogP) is 14.6. The Morgan fingerprint density at radius 2 is 1.16 bits per heavy atom. The van der Waals surface area contributed by atoms with Crippen LogP contribution in [0.25, 0.3) is 102 Å². The van der Waals surface area contributed by atoms with E-state index < -0.39 is 6.17 Å². The molecule has 0 bridgehead atoms. The van der Waals surface area contributed by atoms with Crippen molar-refractivity contribution in [3.05, 3.63) is 199 Å². The summed E-state index contributed by atoms with van der Waals surface area (Å²) < 4.78 is 17.9. The van der Waals surface area contributed by atoms with Crippen molar-refractivity contribution < 1.29 is 8.83 Å². The molecule has 13 aromatic rings. The fraction of sp³-hybridized carbons (Fsp3) is 0.0182. The van der Waals surface area contributed by atoms with E-state index in [0.717, 1.165) is 77.3 Å². The minimum atomic E-state index is -0.445. The van der Waals surface area contributed by atoms with Gasteiger partial charge in [-0.25, -0.2) is 9.98 Å². The van der Waals surface area contributed by atoms with Crippen molar-refractivity contribution in [1.29, 1.82) is 0 Å². The normalized spacial score (nSPS) is 14.6. The molecule has 1 unspecified atom stereocenters. The lowest BCUT2D eigenvalue weighted by Gasteiger charge is -2.24. The van der Waals surface area contributed by atoms with Gasteiger partial charge in [0.2, 0.25) is 0 Å². The van der Waals surface area contributed by atoms with Gasteiger partial charge in [0.25, 0.3) is 0 Å². The molecule has 4 aromatic heterocycles. The average molecular weight is 813 g/mol. The van der Waals surface area contributed by atoms with E-state index >= 15 is 0 Å². The van der Waals surface area contributed by atoms with Gasteiger partial charge < -0.3 is 18.7 Å². The van der Waals surface area contributed by atoms with Gasteiger partial charge >= 0.3 is 0 Å². The van der Waals surface area contributed by atoms with Gasteiger partial charge in [0.05, 0.1) is 22.1 Å². The average Bonchev–Trinajstić information content (AvgIpc) is 4.09. The Bertz CT molecular complexity index is 4110. The van der Waals surface area contributed by atoms with Crippen LogP contribution >= 0.6 is 11.3 Å². The second-order valence-electron chi connectivity index (χ2n) is 16.2. The molecule has 1 atom stereocenters. The van der Waals surface area contributed by atoms with E-state index in [1.807, 2.05) is 29.5 Å². The van der Waals surface area contributed by atoms with E-state index in [-0.39, 0.29) is 0 Å². The Morgan fingerprint density at radius 3 is 2.05 bits per heavy atom. The standard InChI is InChI=1S/C55H32N4O2S/c1-2-12-32-28-44-40(25-31(32)11-1)36-13-3-7-17-43(36)59(44)45-29-35(30-49-52(45)39-16-5-9-19-47(39)61-49)55-57-53(33-21-23-48-41(26-33)37-14-4-8-18-46(37)60-48)56-54(58-55)34-22-24-51-42(27-34)38-15-6-10-20-50(38)62-51/h1-30,53H,(H,56,57,58). The van der Waals surface area contributed by atoms with Crippen molar-refractivity contribution in [2.24, 2.45) is 9.98 Å². The third-order valence-electron chi connectivity index (χ3n) is 12.6. The highest BCUT2D eigenvalue weighted by Gasteiger charge is 2.26. The van der Waals surface area contributed by atoms with Crippen LogP contribution in [0.3, 0.4) is 0 Å². The molecule has 0 saturated heterocycles. The van der Waals surface area contributed by atoms with Crippen molar-refractivity contribution in [1.82, 2.24) is 9.88 Å². The monoisotopic (exact) mass is 812 g/mol. The molecule has 290 valence electrons. The molecule has 14 rings (SSSR count). The molecule has 0 radical (unpaired) electrons. The first kappa shape index (κ1) is 33.8. The zero-order valence-electron chi connectivity index (χ0n) is 33.0. The Labute approximate surface area is 357 Å². The van der Waals surface area contributed by atoms with E-state index in [1.165, 1.54) is 41.7 Å². The van der Waals surface area contributed by atoms with Crippen LogP contribution in [0.4, 0.5) is 0 Å². The summed E-state index contributed by atoms with van der Waals surface area (Å²) in [6.45, 7) is 0. The third kappa shape index (κ3) is 4.97. The number of hydrogen-bond acceptors (Lipinski definition) is 6. The van der Waals surface area contributed by atoms with E-state index in [4.69, 9.17) is 18.8 Å². The number of furan rings is 2. The topological polar surface area (TPSA) is 68.0 Å². The molecule has 1 N–H and O–H groups in total. The molecule has 1 aliphatic heterocycles. The number of rotatable bonds is 4. The molecular weight excluding hydrogens is 781 g/mol. The van der Waals surface area contributed by atoms with E-state index in [1.54, 1.807) is 0 Å². The van der Waals surface area contributed by atoms with Crippen LogP contribution < -0.4 is 5.32 Å². The summed E-state index contributed by atoms with van der Waals surface area (Å²) in [5.41, 5.74) is 9.46. The first-order valence-electron chi connectivity index (χ1n) is 20.8. The minimum Gasteiger partial charge on any atom is -0.456 e. The van der Waals surface area contributed by atoms with Crippen LogP contribution in [0, 0.1) is 0 Å². The lowest BCUT2D eigenvalue weighted by Crippen LogP contribution is -2.33. The number of fused-ring (bicyclic) bond motifs is 13. The number of nitrogens with zero attached hydrogens (tertiary/aromatic N) is 3. The van der Waals surface area contributed by atoms with Gasteiger partial charge in [-0.2, -0.15) is 0 Å². The zero-order chi connectivity index (χ0) is 40.5. The number of nitrogens with one attached hydrogen (secondary N) is 1. The first-order valence-corrected chi connectivity index (χ1v) is 21.6. The fourth-order valence-electron chi connectivity index (χ4n) is 9.74. The first-order chi connectivity index (χ1) is 30.7. The van der Waals surface area contributed by atoms with Gasteiger partial charge in [0.1, 0.15) is 34.3 Å².